The fourth-order valence-electron chi connectivity index (χ4n) is 2.88. The Morgan fingerprint density at radius 1 is 1.12 bits per heavy atom. The van der Waals surface area contributed by atoms with Crippen molar-refractivity contribution in [2.45, 2.75) is 0 Å². The normalized spacial score (nSPS) is 11.0. The molecule has 0 bridgehead atoms. The minimum atomic E-state index is -0.666. The van der Waals surface area contributed by atoms with Crippen molar-refractivity contribution in [3.8, 4) is 17.4 Å². The molecule has 0 saturated heterocycles. The maximum Gasteiger partial charge on any atom is 0.349 e. The van der Waals surface area contributed by atoms with E-state index in [2.05, 4.69) is 15.1 Å². The van der Waals surface area contributed by atoms with Crippen LogP contribution in [-0.2, 0) is 0 Å². The molecule has 2 aromatic heterocycles. The number of para-hydroxylation sites is 1. The number of H-pyrrole nitrogens is 1. The lowest BCUT2D eigenvalue weighted by atomic mass is 10.2. The standard InChI is InChI=1S/C21H15N5O6/c1-31-18-10-13(6-8-17(18)32-19-9-7-14(12-22-19)26(29)30)11-23-25-20(27)15-4-2-3-5-16(15)24-21(25)28/h2-12H,1H3,(H,24,28). The van der Waals surface area contributed by atoms with Gasteiger partial charge in [-0.15, -0.1) is 4.68 Å². The lowest BCUT2D eigenvalue weighted by Gasteiger charge is -2.10. The van der Waals surface area contributed by atoms with Gasteiger partial charge in [0, 0.05) is 12.1 Å². The first-order chi connectivity index (χ1) is 15.5. The number of aromatic nitrogens is 3. The van der Waals surface area contributed by atoms with Gasteiger partial charge in [0.2, 0.25) is 5.88 Å². The van der Waals surface area contributed by atoms with E-state index in [0.717, 1.165) is 10.9 Å². The molecule has 4 rings (SSSR count). The number of methoxy groups -OCH3 is 1. The average Bonchev–Trinajstić information content (AvgIpc) is 2.80. The van der Waals surface area contributed by atoms with Crippen LogP contribution in [0.2, 0.25) is 0 Å². The largest absolute Gasteiger partial charge is 0.493 e. The van der Waals surface area contributed by atoms with Crippen LogP contribution in [0.25, 0.3) is 10.9 Å². The first kappa shape index (κ1) is 20.5. The van der Waals surface area contributed by atoms with E-state index in [1.807, 2.05) is 0 Å². The number of rotatable bonds is 6. The highest BCUT2D eigenvalue weighted by atomic mass is 16.6. The van der Waals surface area contributed by atoms with Crippen LogP contribution in [0.3, 0.4) is 0 Å². The highest BCUT2D eigenvalue weighted by Gasteiger charge is 2.11. The Kier molecular flexibility index (Phi) is 5.45. The number of aromatic amines is 1. The Labute approximate surface area is 179 Å². The van der Waals surface area contributed by atoms with Crippen molar-refractivity contribution >= 4 is 22.8 Å². The molecule has 4 aromatic rings. The van der Waals surface area contributed by atoms with Gasteiger partial charge in [0.1, 0.15) is 6.20 Å². The van der Waals surface area contributed by atoms with Crippen LogP contribution in [0.1, 0.15) is 5.56 Å². The summed E-state index contributed by atoms with van der Waals surface area (Å²) in [6.45, 7) is 0. The van der Waals surface area contributed by atoms with Crippen molar-refractivity contribution in [2.24, 2.45) is 5.10 Å². The summed E-state index contributed by atoms with van der Waals surface area (Å²) in [4.78, 5) is 41.4. The lowest BCUT2D eigenvalue weighted by molar-refractivity contribution is -0.385. The quantitative estimate of drug-likeness (QED) is 0.280. The van der Waals surface area contributed by atoms with Gasteiger partial charge in [0.05, 0.1) is 29.2 Å². The van der Waals surface area contributed by atoms with E-state index >= 15 is 0 Å². The molecule has 0 amide bonds. The number of ether oxygens (including phenoxy) is 2. The van der Waals surface area contributed by atoms with E-state index in [1.54, 1.807) is 42.5 Å². The van der Waals surface area contributed by atoms with Crippen molar-refractivity contribution in [3.63, 3.8) is 0 Å². The van der Waals surface area contributed by atoms with Crippen LogP contribution >= 0.6 is 0 Å². The third-order valence-corrected chi connectivity index (χ3v) is 4.44. The van der Waals surface area contributed by atoms with Crippen LogP contribution in [0.4, 0.5) is 5.69 Å². The van der Waals surface area contributed by atoms with Crippen LogP contribution in [0.15, 0.2) is 75.5 Å². The Morgan fingerprint density at radius 2 is 1.94 bits per heavy atom. The molecule has 160 valence electrons. The summed E-state index contributed by atoms with van der Waals surface area (Å²) < 4.78 is 11.7. The van der Waals surface area contributed by atoms with E-state index in [9.17, 15) is 19.7 Å². The maximum absolute atomic E-state index is 12.6. The van der Waals surface area contributed by atoms with E-state index in [1.165, 1.54) is 25.5 Å². The number of nitrogens with one attached hydrogen (secondary N) is 1. The zero-order valence-electron chi connectivity index (χ0n) is 16.6. The minimum absolute atomic E-state index is 0.143. The molecule has 0 saturated carbocycles. The number of benzene rings is 2. The molecule has 0 unspecified atom stereocenters. The van der Waals surface area contributed by atoms with Crippen LogP contribution in [0, 0.1) is 10.1 Å². The van der Waals surface area contributed by atoms with E-state index in [-0.39, 0.29) is 11.6 Å². The summed E-state index contributed by atoms with van der Waals surface area (Å²) in [6.07, 6.45) is 2.42. The minimum Gasteiger partial charge on any atom is -0.493 e. The zero-order chi connectivity index (χ0) is 22.7. The number of nitrogens with zero attached hydrogens (tertiary/aromatic N) is 4. The number of pyridine rings is 1. The molecule has 11 heteroatoms. The molecule has 0 aliphatic heterocycles. The van der Waals surface area contributed by atoms with Crippen LogP contribution in [0.5, 0.6) is 17.4 Å². The predicted molar refractivity (Wildman–Crippen MR) is 116 cm³/mol. The van der Waals surface area contributed by atoms with Crippen LogP contribution < -0.4 is 20.7 Å². The molecule has 0 atom stereocenters. The topological polar surface area (TPSA) is 142 Å². The second-order valence-corrected chi connectivity index (χ2v) is 6.46. The van der Waals surface area contributed by atoms with Gasteiger partial charge >= 0.3 is 5.69 Å². The third-order valence-electron chi connectivity index (χ3n) is 4.44. The van der Waals surface area contributed by atoms with Crippen molar-refractivity contribution in [2.75, 3.05) is 7.11 Å². The first-order valence-electron chi connectivity index (χ1n) is 9.21. The molecular weight excluding hydrogens is 418 g/mol. The van der Waals surface area contributed by atoms with Gasteiger partial charge in [-0.2, -0.15) is 5.10 Å². The molecule has 2 aromatic carbocycles. The molecule has 0 spiro atoms. The molecule has 0 aliphatic carbocycles. The van der Waals surface area contributed by atoms with Gasteiger partial charge in [-0.1, -0.05) is 12.1 Å². The highest BCUT2D eigenvalue weighted by Crippen LogP contribution is 2.31. The zero-order valence-corrected chi connectivity index (χ0v) is 16.6. The summed E-state index contributed by atoms with van der Waals surface area (Å²) in [6, 6.07) is 14.1. The average molecular weight is 433 g/mol. The molecule has 11 nitrogen and oxygen atoms in total. The van der Waals surface area contributed by atoms with Crippen molar-refractivity contribution in [1.82, 2.24) is 14.6 Å². The number of hydrogen-bond donors (Lipinski definition) is 1. The molecular formula is C21H15N5O6. The molecule has 2 heterocycles. The van der Waals surface area contributed by atoms with Crippen molar-refractivity contribution < 1.29 is 14.4 Å². The summed E-state index contributed by atoms with van der Waals surface area (Å²) in [7, 11) is 1.44. The van der Waals surface area contributed by atoms with Crippen molar-refractivity contribution in [1.29, 1.82) is 0 Å². The predicted octanol–water partition coefficient (Wildman–Crippen LogP) is 2.68. The highest BCUT2D eigenvalue weighted by molar-refractivity contribution is 5.81. The maximum atomic E-state index is 12.6. The second-order valence-electron chi connectivity index (χ2n) is 6.46. The molecule has 0 aliphatic rings. The summed E-state index contributed by atoms with van der Waals surface area (Å²) >= 11 is 0. The first-order valence-corrected chi connectivity index (χ1v) is 9.21. The SMILES string of the molecule is COc1cc(C=Nn2c(=O)[nH]c3ccccc3c2=O)ccc1Oc1ccc([N+](=O)[O-])cn1. The summed E-state index contributed by atoms with van der Waals surface area (Å²) in [5.74, 6) is 0.783. The van der Waals surface area contributed by atoms with Gasteiger partial charge in [0.25, 0.3) is 11.2 Å². The Bertz CT molecular complexity index is 1460. The molecule has 32 heavy (non-hydrogen) atoms. The summed E-state index contributed by atoms with van der Waals surface area (Å²) in [5.41, 5.74) is -0.407. The van der Waals surface area contributed by atoms with Gasteiger partial charge in [-0.05, 0) is 35.9 Å². The Balaban J connectivity index is 1.61. The monoisotopic (exact) mass is 433 g/mol. The lowest BCUT2D eigenvalue weighted by Crippen LogP contribution is -2.32. The molecule has 0 fully saturated rings. The van der Waals surface area contributed by atoms with E-state index in [4.69, 9.17) is 9.47 Å². The molecule has 1 N–H and O–H groups in total. The number of hydrogen-bond acceptors (Lipinski definition) is 8. The second kappa shape index (κ2) is 8.52. The summed E-state index contributed by atoms with van der Waals surface area (Å²) in [5, 5.41) is 15.1. The van der Waals surface area contributed by atoms with Gasteiger partial charge < -0.3 is 14.5 Å². The molecule has 0 radical (unpaired) electrons. The number of fused-ring (bicyclic) bond motifs is 1. The number of nitro groups is 1. The van der Waals surface area contributed by atoms with Crippen molar-refractivity contribution in [3.05, 3.63) is 97.3 Å². The fourth-order valence-corrected chi connectivity index (χ4v) is 2.88. The van der Waals surface area contributed by atoms with Gasteiger partial charge in [-0.3, -0.25) is 14.9 Å². The Hall–Kier alpha value is -4.80. The van der Waals surface area contributed by atoms with E-state index in [0.29, 0.717) is 28.0 Å². The smallest absolute Gasteiger partial charge is 0.349 e. The fraction of sp³-hybridized carbons (Fsp3) is 0.0476. The van der Waals surface area contributed by atoms with Gasteiger partial charge in [0.15, 0.2) is 11.5 Å². The third kappa shape index (κ3) is 4.07. The van der Waals surface area contributed by atoms with Crippen LogP contribution in [-0.4, -0.2) is 32.9 Å². The van der Waals surface area contributed by atoms with Gasteiger partial charge in [-0.25, -0.2) is 9.78 Å². The Morgan fingerprint density at radius 3 is 2.66 bits per heavy atom. The van der Waals surface area contributed by atoms with E-state index < -0.39 is 16.2 Å².